The Morgan fingerprint density at radius 2 is 1.90 bits per heavy atom. The zero-order chi connectivity index (χ0) is 14.5. The third-order valence-electron chi connectivity index (χ3n) is 2.58. The van der Waals surface area contributed by atoms with Gasteiger partial charge in [0.05, 0.1) is 0 Å². The fourth-order valence-electron chi connectivity index (χ4n) is 1.79. The molecule has 2 nitrogen and oxygen atoms in total. The van der Waals surface area contributed by atoms with Crippen molar-refractivity contribution in [1.82, 2.24) is 0 Å². The molecule has 0 aliphatic carbocycles. The number of nitrogens with one attached hydrogen (secondary N) is 1. The molecule has 104 valence electrons. The maximum atomic E-state index is 7.83. The maximum Gasteiger partial charge on any atom is 0.125 e. The lowest BCUT2D eigenvalue weighted by Crippen LogP contribution is -2.13. The monoisotopic (exact) mass is 322 g/mol. The second-order valence-corrected chi connectivity index (χ2v) is 6.89. The third-order valence-corrected chi connectivity index (χ3v) is 4.81. The second kappa shape index (κ2) is 7.07. The van der Waals surface area contributed by atoms with Gasteiger partial charge in [-0.15, -0.1) is 11.8 Å². The van der Waals surface area contributed by atoms with E-state index >= 15 is 0 Å². The molecular formula is C15H15ClN2S2. The van der Waals surface area contributed by atoms with Crippen molar-refractivity contribution < 1.29 is 0 Å². The molecule has 0 spiro atoms. The molecule has 3 N–H and O–H groups in total. The van der Waals surface area contributed by atoms with Crippen LogP contribution in [-0.2, 0) is 0 Å². The molecule has 2 aromatic rings. The first kappa shape index (κ1) is 15.3. The van der Waals surface area contributed by atoms with Crippen molar-refractivity contribution in [2.24, 2.45) is 5.73 Å². The van der Waals surface area contributed by atoms with E-state index in [0.29, 0.717) is 5.02 Å². The predicted octanol–water partition coefficient (Wildman–Crippen LogP) is 4.89. The Bertz CT molecular complexity index is 629. The average molecular weight is 323 g/mol. The summed E-state index contributed by atoms with van der Waals surface area (Å²) in [6.07, 6.45) is 0. The lowest BCUT2D eigenvalue weighted by molar-refractivity contribution is 1.24. The Kier molecular flexibility index (Phi) is 5.40. The van der Waals surface area contributed by atoms with Gasteiger partial charge in [-0.05, 0) is 36.1 Å². The van der Waals surface area contributed by atoms with Crippen LogP contribution in [-0.4, -0.2) is 11.6 Å². The molecule has 0 aliphatic heterocycles. The number of hydrogen-bond donors (Lipinski definition) is 2. The van der Waals surface area contributed by atoms with E-state index < -0.39 is 0 Å². The zero-order valence-electron chi connectivity index (χ0n) is 11.0. The number of amidine groups is 1. The first-order chi connectivity index (χ1) is 9.61. The lowest BCUT2D eigenvalue weighted by Gasteiger charge is -2.12. The molecule has 0 aromatic heterocycles. The highest BCUT2D eigenvalue weighted by Gasteiger charge is 2.12. The van der Waals surface area contributed by atoms with Crippen molar-refractivity contribution in [3.63, 3.8) is 0 Å². The highest BCUT2D eigenvalue weighted by atomic mass is 35.5. The van der Waals surface area contributed by atoms with Crippen LogP contribution in [0.3, 0.4) is 0 Å². The topological polar surface area (TPSA) is 49.9 Å². The molecule has 0 heterocycles. The summed E-state index contributed by atoms with van der Waals surface area (Å²) in [5, 5.41) is 8.54. The predicted molar refractivity (Wildman–Crippen MR) is 89.4 cm³/mol. The van der Waals surface area contributed by atoms with Gasteiger partial charge in [0.2, 0.25) is 0 Å². The molecule has 0 saturated carbocycles. The maximum absolute atomic E-state index is 7.83. The van der Waals surface area contributed by atoms with Crippen LogP contribution in [0.4, 0.5) is 0 Å². The molecule has 0 fully saturated rings. The van der Waals surface area contributed by atoms with Crippen molar-refractivity contribution in [1.29, 1.82) is 5.41 Å². The quantitative estimate of drug-likeness (QED) is 0.468. The van der Waals surface area contributed by atoms with E-state index in [1.807, 2.05) is 42.5 Å². The molecule has 0 bridgehead atoms. The van der Waals surface area contributed by atoms with Gasteiger partial charge in [-0.25, -0.2) is 0 Å². The molecule has 0 saturated heterocycles. The zero-order valence-corrected chi connectivity index (χ0v) is 13.4. The first-order valence-corrected chi connectivity index (χ1v) is 8.33. The van der Waals surface area contributed by atoms with Crippen molar-refractivity contribution >= 4 is 41.0 Å². The Morgan fingerprint density at radius 1 is 1.20 bits per heavy atom. The smallest absolute Gasteiger partial charge is 0.125 e. The Labute approximate surface area is 132 Å². The van der Waals surface area contributed by atoms with Gasteiger partial charge in [0.1, 0.15) is 5.84 Å². The van der Waals surface area contributed by atoms with Crippen molar-refractivity contribution in [2.45, 2.75) is 21.6 Å². The van der Waals surface area contributed by atoms with Gasteiger partial charge in [-0.2, -0.15) is 0 Å². The minimum atomic E-state index is 0.103. The van der Waals surface area contributed by atoms with Gasteiger partial charge in [0.15, 0.2) is 0 Å². The van der Waals surface area contributed by atoms with Crippen LogP contribution in [0.25, 0.3) is 0 Å². The Morgan fingerprint density at radius 3 is 2.55 bits per heavy atom. The van der Waals surface area contributed by atoms with Crippen LogP contribution in [0.1, 0.15) is 12.5 Å². The van der Waals surface area contributed by atoms with Crippen molar-refractivity contribution in [3.8, 4) is 0 Å². The van der Waals surface area contributed by atoms with Gasteiger partial charge in [0, 0.05) is 25.3 Å². The minimum absolute atomic E-state index is 0.103. The number of halogens is 1. The molecule has 0 aliphatic rings. The fraction of sp³-hybridized carbons (Fsp3) is 0.133. The van der Waals surface area contributed by atoms with E-state index in [0.717, 1.165) is 26.0 Å². The number of rotatable bonds is 5. The summed E-state index contributed by atoms with van der Waals surface area (Å²) >= 11 is 9.29. The summed E-state index contributed by atoms with van der Waals surface area (Å²) in [5.74, 6) is 1.05. The van der Waals surface area contributed by atoms with E-state index in [-0.39, 0.29) is 5.84 Å². The molecule has 0 unspecified atom stereocenters. The summed E-state index contributed by atoms with van der Waals surface area (Å²) in [6, 6.07) is 13.7. The summed E-state index contributed by atoms with van der Waals surface area (Å²) in [5.41, 5.74) is 6.57. The van der Waals surface area contributed by atoms with Gasteiger partial charge >= 0.3 is 0 Å². The molecule has 0 atom stereocenters. The summed E-state index contributed by atoms with van der Waals surface area (Å²) in [7, 11) is 0. The second-order valence-electron chi connectivity index (χ2n) is 4.04. The Balaban J connectivity index is 2.40. The number of benzene rings is 2. The first-order valence-electron chi connectivity index (χ1n) is 6.15. The van der Waals surface area contributed by atoms with Gasteiger partial charge in [0.25, 0.3) is 0 Å². The number of hydrogen-bond acceptors (Lipinski definition) is 3. The highest BCUT2D eigenvalue weighted by molar-refractivity contribution is 8.00. The molecule has 2 aromatic carbocycles. The van der Waals surface area contributed by atoms with E-state index in [2.05, 4.69) is 6.92 Å². The lowest BCUT2D eigenvalue weighted by atomic mass is 10.2. The number of thioether (sulfide) groups is 1. The average Bonchev–Trinajstić information content (AvgIpc) is 2.39. The van der Waals surface area contributed by atoms with Crippen LogP contribution < -0.4 is 5.73 Å². The fourth-order valence-corrected chi connectivity index (χ4v) is 4.02. The van der Waals surface area contributed by atoms with Crippen LogP contribution in [0.5, 0.6) is 0 Å². The van der Waals surface area contributed by atoms with E-state index in [1.165, 1.54) is 0 Å². The van der Waals surface area contributed by atoms with E-state index in [9.17, 15) is 0 Å². The standard InChI is InChI=1S/C15H15ClN2S2/c1-2-19-12-7-4-8-13(14(12)15(17)18)20-11-6-3-5-10(16)9-11/h3-9H,2H2,1H3,(H3,17,18). The summed E-state index contributed by atoms with van der Waals surface area (Å²) in [6.45, 7) is 2.09. The molecular weight excluding hydrogens is 308 g/mol. The van der Waals surface area contributed by atoms with Crippen molar-refractivity contribution in [2.75, 3.05) is 5.75 Å². The van der Waals surface area contributed by atoms with E-state index in [1.54, 1.807) is 23.5 Å². The van der Waals surface area contributed by atoms with Crippen LogP contribution in [0.15, 0.2) is 57.2 Å². The largest absolute Gasteiger partial charge is 0.384 e. The number of nitrogens with two attached hydrogens (primary N) is 1. The highest BCUT2D eigenvalue weighted by Crippen LogP contribution is 2.35. The van der Waals surface area contributed by atoms with E-state index in [4.69, 9.17) is 22.7 Å². The van der Waals surface area contributed by atoms with Crippen LogP contribution in [0.2, 0.25) is 5.02 Å². The van der Waals surface area contributed by atoms with Gasteiger partial charge < -0.3 is 5.73 Å². The molecule has 20 heavy (non-hydrogen) atoms. The molecule has 2 rings (SSSR count). The van der Waals surface area contributed by atoms with Crippen LogP contribution >= 0.6 is 35.1 Å². The van der Waals surface area contributed by atoms with Gasteiger partial charge in [-0.1, -0.05) is 42.4 Å². The van der Waals surface area contributed by atoms with Crippen molar-refractivity contribution in [3.05, 3.63) is 53.1 Å². The molecule has 0 amide bonds. The normalized spacial score (nSPS) is 10.5. The van der Waals surface area contributed by atoms with Gasteiger partial charge in [-0.3, -0.25) is 5.41 Å². The number of nitrogen functional groups attached to an aromatic ring is 1. The molecule has 5 heteroatoms. The SMILES string of the molecule is CCSc1cccc(Sc2cccc(Cl)c2)c1C(=N)N. The minimum Gasteiger partial charge on any atom is -0.384 e. The summed E-state index contributed by atoms with van der Waals surface area (Å²) in [4.78, 5) is 3.07. The summed E-state index contributed by atoms with van der Waals surface area (Å²) < 4.78 is 0. The Hall–Kier alpha value is -1.10. The molecule has 0 radical (unpaired) electrons. The van der Waals surface area contributed by atoms with Crippen LogP contribution in [0, 0.1) is 5.41 Å². The third kappa shape index (κ3) is 3.72.